The number of rotatable bonds is 11. The normalized spacial score (nSPS) is 16.3. The van der Waals surface area contributed by atoms with Crippen LogP contribution in [-0.2, 0) is 14.8 Å². The number of hydrogen-bond donors (Lipinski definition) is 2. The molecule has 0 aromatic heterocycles. The predicted molar refractivity (Wildman–Crippen MR) is 68.5 cm³/mol. The molecule has 102 valence electrons. The predicted octanol–water partition coefficient (Wildman–Crippen LogP) is 0.332. The number of sulfonamides is 1. The molecule has 0 aliphatic heterocycles. The highest BCUT2D eigenvalue weighted by Crippen LogP contribution is 2.28. The van der Waals surface area contributed by atoms with Crippen molar-refractivity contribution in [3.63, 3.8) is 0 Å². The lowest BCUT2D eigenvalue weighted by atomic mass is 10.4. The van der Waals surface area contributed by atoms with Crippen LogP contribution < -0.4 is 10.0 Å². The lowest BCUT2D eigenvalue weighted by molar-refractivity contribution is 0.123. The smallest absolute Gasteiger partial charge is 0.211 e. The highest BCUT2D eigenvalue weighted by Gasteiger charge is 2.20. The summed E-state index contributed by atoms with van der Waals surface area (Å²) < 4.78 is 31.0. The van der Waals surface area contributed by atoms with Crippen LogP contribution in [0.15, 0.2) is 0 Å². The minimum Gasteiger partial charge on any atom is -0.381 e. The van der Waals surface area contributed by atoms with Crippen molar-refractivity contribution in [3.8, 4) is 0 Å². The van der Waals surface area contributed by atoms with E-state index >= 15 is 0 Å². The number of nitrogens with one attached hydrogen (secondary N) is 2. The molecule has 0 spiro atoms. The maximum atomic E-state index is 11.5. The minimum atomic E-state index is -3.09. The Morgan fingerprint density at radius 3 is 2.65 bits per heavy atom. The van der Waals surface area contributed by atoms with Gasteiger partial charge in [-0.05, 0) is 45.2 Å². The Morgan fingerprint density at radius 2 is 2.00 bits per heavy atom. The lowest BCUT2D eigenvalue weighted by Gasteiger charge is -2.07. The Hall–Kier alpha value is -0.170. The van der Waals surface area contributed by atoms with Crippen molar-refractivity contribution in [1.29, 1.82) is 0 Å². The van der Waals surface area contributed by atoms with E-state index < -0.39 is 10.0 Å². The third-order valence-electron chi connectivity index (χ3n) is 2.68. The second kappa shape index (κ2) is 8.02. The average molecular weight is 264 g/mol. The maximum absolute atomic E-state index is 11.5. The first kappa shape index (κ1) is 14.9. The van der Waals surface area contributed by atoms with Crippen molar-refractivity contribution < 1.29 is 13.2 Å². The SMILES string of the molecule is CNCCCS(=O)(=O)NCCCOCC1CC1. The summed E-state index contributed by atoms with van der Waals surface area (Å²) in [5.41, 5.74) is 0. The molecule has 1 rings (SSSR count). The Labute approximate surface area is 104 Å². The topological polar surface area (TPSA) is 67.4 Å². The first-order chi connectivity index (χ1) is 8.14. The zero-order chi connectivity index (χ0) is 12.6. The molecule has 0 heterocycles. The van der Waals surface area contributed by atoms with Gasteiger partial charge >= 0.3 is 0 Å². The Morgan fingerprint density at radius 1 is 1.24 bits per heavy atom. The molecule has 2 N–H and O–H groups in total. The second-order valence-electron chi connectivity index (χ2n) is 4.54. The molecule has 0 unspecified atom stereocenters. The van der Waals surface area contributed by atoms with Gasteiger partial charge in [0, 0.05) is 19.8 Å². The summed E-state index contributed by atoms with van der Waals surface area (Å²) >= 11 is 0. The van der Waals surface area contributed by atoms with Crippen LogP contribution in [0, 0.1) is 5.92 Å². The summed E-state index contributed by atoms with van der Waals surface area (Å²) in [6.07, 6.45) is 3.97. The van der Waals surface area contributed by atoms with Gasteiger partial charge in [0.2, 0.25) is 10.0 Å². The molecule has 0 saturated heterocycles. The van der Waals surface area contributed by atoms with Crippen molar-refractivity contribution >= 4 is 10.0 Å². The molecule has 1 saturated carbocycles. The molecule has 6 heteroatoms. The van der Waals surface area contributed by atoms with E-state index in [2.05, 4.69) is 10.0 Å². The quantitative estimate of drug-likeness (QED) is 0.528. The molecule has 1 fully saturated rings. The lowest BCUT2D eigenvalue weighted by Crippen LogP contribution is -2.29. The van der Waals surface area contributed by atoms with Gasteiger partial charge in [-0.15, -0.1) is 0 Å². The molecule has 0 bridgehead atoms. The Bertz CT molecular complexity index is 289. The fourth-order valence-electron chi connectivity index (χ4n) is 1.45. The van der Waals surface area contributed by atoms with Gasteiger partial charge in [-0.25, -0.2) is 13.1 Å². The first-order valence-electron chi connectivity index (χ1n) is 6.34. The summed E-state index contributed by atoms with van der Waals surface area (Å²) in [6.45, 7) is 2.70. The molecule has 1 aliphatic carbocycles. The van der Waals surface area contributed by atoms with Crippen molar-refractivity contribution in [2.75, 3.05) is 39.1 Å². The zero-order valence-electron chi connectivity index (χ0n) is 10.6. The monoisotopic (exact) mass is 264 g/mol. The van der Waals surface area contributed by atoms with Crippen LogP contribution in [0.2, 0.25) is 0 Å². The van der Waals surface area contributed by atoms with Crippen molar-refractivity contribution in [2.45, 2.75) is 25.7 Å². The van der Waals surface area contributed by atoms with Crippen LogP contribution in [0.3, 0.4) is 0 Å². The largest absolute Gasteiger partial charge is 0.381 e. The highest BCUT2D eigenvalue weighted by molar-refractivity contribution is 7.89. The summed E-state index contributed by atoms with van der Waals surface area (Å²) in [5.74, 6) is 0.963. The van der Waals surface area contributed by atoms with Gasteiger partial charge in [-0.1, -0.05) is 0 Å². The van der Waals surface area contributed by atoms with Crippen molar-refractivity contribution in [2.24, 2.45) is 5.92 Å². The van der Waals surface area contributed by atoms with E-state index in [9.17, 15) is 8.42 Å². The molecule has 17 heavy (non-hydrogen) atoms. The molecule has 0 amide bonds. The van der Waals surface area contributed by atoms with Gasteiger partial charge in [-0.3, -0.25) is 0 Å². The average Bonchev–Trinajstić information content (AvgIpc) is 3.07. The number of ether oxygens (including phenoxy) is 1. The third-order valence-corrected chi connectivity index (χ3v) is 4.15. The molecule has 0 aromatic carbocycles. The maximum Gasteiger partial charge on any atom is 0.211 e. The Kier molecular flexibility index (Phi) is 7.03. The van der Waals surface area contributed by atoms with E-state index in [1.165, 1.54) is 12.8 Å². The van der Waals surface area contributed by atoms with Crippen molar-refractivity contribution in [3.05, 3.63) is 0 Å². The standard InChI is InChI=1S/C11H24N2O3S/c1-12-6-3-9-17(14,15)13-7-2-8-16-10-11-4-5-11/h11-13H,2-10H2,1H3. The molecule has 0 atom stereocenters. The fourth-order valence-corrected chi connectivity index (χ4v) is 2.57. The minimum absolute atomic E-state index is 0.191. The highest BCUT2D eigenvalue weighted by atomic mass is 32.2. The molecule has 5 nitrogen and oxygen atoms in total. The molecule has 0 aromatic rings. The van der Waals surface area contributed by atoms with E-state index in [1.807, 2.05) is 7.05 Å². The van der Waals surface area contributed by atoms with Gasteiger partial charge < -0.3 is 10.1 Å². The fraction of sp³-hybridized carbons (Fsp3) is 1.00. The number of hydrogen-bond acceptors (Lipinski definition) is 4. The van der Waals surface area contributed by atoms with Crippen LogP contribution in [0.1, 0.15) is 25.7 Å². The van der Waals surface area contributed by atoms with Gasteiger partial charge in [-0.2, -0.15) is 0 Å². The van der Waals surface area contributed by atoms with Gasteiger partial charge in [0.15, 0.2) is 0 Å². The molecular weight excluding hydrogens is 240 g/mol. The van der Waals surface area contributed by atoms with Gasteiger partial charge in [0.1, 0.15) is 0 Å². The van der Waals surface area contributed by atoms with Crippen LogP contribution >= 0.6 is 0 Å². The molecule has 1 aliphatic rings. The van der Waals surface area contributed by atoms with Gasteiger partial charge in [0.05, 0.1) is 5.75 Å². The van der Waals surface area contributed by atoms with E-state index in [0.717, 1.165) is 25.5 Å². The van der Waals surface area contributed by atoms with Crippen molar-refractivity contribution in [1.82, 2.24) is 10.0 Å². The summed E-state index contributed by atoms with van der Waals surface area (Å²) in [4.78, 5) is 0. The molecule has 0 radical (unpaired) electrons. The third kappa shape index (κ3) is 8.54. The van der Waals surface area contributed by atoms with Crippen LogP contribution in [0.25, 0.3) is 0 Å². The zero-order valence-corrected chi connectivity index (χ0v) is 11.4. The van der Waals surface area contributed by atoms with E-state index in [0.29, 0.717) is 19.6 Å². The second-order valence-corrected chi connectivity index (χ2v) is 6.47. The molecular formula is C11H24N2O3S. The van der Waals surface area contributed by atoms with E-state index in [4.69, 9.17) is 4.74 Å². The van der Waals surface area contributed by atoms with Gasteiger partial charge in [0.25, 0.3) is 0 Å². The van der Waals surface area contributed by atoms with E-state index in [1.54, 1.807) is 0 Å². The first-order valence-corrected chi connectivity index (χ1v) is 7.99. The van der Waals surface area contributed by atoms with E-state index in [-0.39, 0.29) is 5.75 Å². The summed E-state index contributed by atoms with van der Waals surface area (Å²) in [6, 6.07) is 0. The van der Waals surface area contributed by atoms with Crippen LogP contribution in [-0.4, -0.2) is 47.5 Å². The summed E-state index contributed by atoms with van der Waals surface area (Å²) in [5, 5.41) is 2.93. The Balaban J connectivity index is 1.92. The summed E-state index contributed by atoms with van der Waals surface area (Å²) in [7, 11) is -1.27. The van der Waals surface area contributed by atoms with Crippen LogP contribution in [0.5, 0.6) is 0 Å². The van der Waals surface area contributed by atoms with Crippen LogP contribution in [0.4, 0.5) is 0 Å².